The molecule has 8 heterocycles. The van der Waals surface area contributed by atoms with Gasteiger partial charge in [-0.25, -0.2) is 0 Å². The van der Waals surface area contributed by atoms with Crippen LogP contribution in [0.25, 0.3) is 278 Å². The second kappa shape index (κ2) is 34.1. The van der Waals surface area contributed by atoms with Crippen LogP contribution in [0.1, 0.15) is 0 Å². The minimum atomic E-state index is 1.20. The van der Waals surface area contributed by atoms with E-state index in [0.717, 1.165) is 0 Å². The highest BCUT2D eigenvalue weighted by molar-refractivity contribution is 7.28. The number of benzene rings is 24. The summed E-state index contributed by atoms with van der Waals surface area (Å²) in [5.41, 5.74) is 25.0. The third-order valence-corrected chi connectivity index (χ3v) is 34.3. The summed E-state index contributed by atoms with van der Waals surface area (Å²) in [6.07, 6.45) is 0. The molecular formula is C136H84N4S4. The van der Waals surface area contributed by atoms with Crippen molar-refractivity contribution in [2.45, 2.75) is 0 Å². The Morgan fingerprint density at radius 1 is 0.132 bits per heavy atom. The molecule has 672 valence electrons. The van der Waals surface area contributed by atoms with Crippen molar-refractivity contribution >= 4 is 256 Å². The van der Waals surface area contributed by atoms with Crippen LogP contribution in [0.2, 0.25) is 0 Å². The van der Waals surface area contributed by atoms with Crippen LogP contribution in [0.15, 0.2) is 510 Å². The van der Waals surface area contributed by atoms with Gasteiger partial charge in [-0.3, -0.25) is 0 Å². The first kappa shape index (κ1) is 83.4. The van der Waals surface area contributed by atoms with Gasteiger partial charge in [-0.2, -0.15) is 0 Å². The normalized spacial score (nSPS) is 11.9. The van der Waals surface area contributed by atoms with Crippen LogP contribution in [0.4, 0.5) is 0 Å². The van der Waals surface area contributed by atoms with E-state index in [1.807, 2.05) is 45.3 Å². The van der Waals surface area contributed by atoms with Gasteiger partial charge in [0.25, 0.3) is 0 Å². The molecule has 144 heavy (non-hydrogen) atoms. The van der Waals surface area contributed by atoms with E-state index in [1.165, 1.54) is 278 Å². The first-order valence-electron chi connectivity index (χ1n) is 49.1. The third kappa shape index (κ3) is 13.5. The van der Waals surface area contributed by atoms with E-state index in [2.05, 4.69) is 528 Å². The topological polar surface area (TPSA) is 19.7 Å². The number of aromatic nitrogens is 4. The van der Waals surface area contributed by atoms with Crippen LogP contribution in [-0.2, 0) is 0 Å². The molecule has 32 rings (SSSR count). The molecule has 24 aromatic carbocycles. The Morgan fingerprint density at radius 3 is 0.861 bits per heavy atom. The Morgan fingerprint density at radius 2 is 0.431 bits per heavy atom. The van der Waals surface area contributed by atoms with Crippen molar-refractivity contribution in [3.63, 3.8) is 0 Å². The first-order valence-corrected chi connectivity index (χ1v) is 52.4. The molecule has 0 aliphatic heterocycles. The number of rotatable bonds is 8. The largest absolute Gasteiger partial charge is 0.308 e. The quantitative estimate of drug-likeness (QED) is 0.144. The summed E-state index contributed by atoms with van der Waals surface area (Å²) in [5, 5.41) is 31.2. The number of hydrogen-bond acceptors (Lipinski definition) is 4. The average Bonchev–Trinajstić information content (AvgIpc) is 1.57. The minimum Gasteiger partial charge on any atom is -0.308 e. The number of hydrogen-bond donors (Lipinski definition) is 0. The van der Waals surface area contributed by atoms with Crippen molar-refractivity contribution in [3.8, 4) is 67.3 Å². The van der Waals surface area contributed by atoms with E-state index in [4.69, 9.17) is 0 Å². The lowest BCUT2D eigenvalue weighted by Crippen LogP contribution is -1.96. The van der Waals surface area contributed by atoms with Gasteiger partial charge >= 0.3 is 0 Å². The Kier molecular flexibility index (Phi) is 19.8. The Bertz CT molecular complexity index is 10600. The van der Waals surface area contributed by atoms with Crippen molar-refractivity contribution in [2.24, 2.45) is 0 Å². The molecule has 4 nitrogen and oxygen atoms in total. The Hall–Kier alpha value is -17.6. The van der Waals surface area contributed by atoms with Crippen molar-refractivity contribution < 1.29 is 0 Å². The van der Waals surface area contributed by atoms with Crippen LogP contribution in [0, 0.1) is 0 Å². The monoisotopic (exact) mass is 1900 g/mol. The molecule has 0 saturated heterocycles. The summed E-state index contributed by atoms with van der Waals surface area (Å²) in [4.78, 5) is 0. The van der Waals surface area contributed by atoms with Crippen molar-refractivity contribution in [1.82, 2.24) is 18.3 Å². The highest BCUT2D eigenvalue weighted by atomic mass is 32.1. The average molecular weight is 1900 g/mol. The zero-order valence-corrected chi connectivity index (χ0v) is 81.2. The zero-order chi connectivity index (χ0) is 94.6. The summed E-state index contributed by atoms with van der Waals surface area (Å²) >= 11 is 7.59. The van der Waals surface area contributed by atoms with Gasteiger partial charge in [-0.1, -0.05) is 413 Å². The number of nitrogens with zero attached hydrogens (tertiary/aromatic N) is 4. The fourth-order valence-corrected chi connectivity index (χ4v) is 28.0. The molecule has 0 unspecified atom stereocenters. The predicted molar refractivity (Wildman–Crippen MR) is 626 cm³/mol. The summed E-state index contributed by atoms with van der Waals surface area (Å²) in [7, 11) is 0. The molecule has 0 N–H and O–H groups in total. The van der Waals surface area contributed by atoms with E-state index in [-0.39, 0.29) is 0 Å². The number of para-hydroxylation sites is 4. The SMILES string of the molecule is c1ccc(-c2ccc(-n3c4ccccc4c4ccc5c6ccccc6sc5c43)c3ccccc23)cc1.c1ccc(-c2ccc3ccc(-n4c5ccccc5c5ccc6c7ccccc7sc6c54)cc3c2)cc1.c1ccc(-c2cccc3cc(-n4c5ccccc5c5ccc6c7ccccc7sc6c54)ccc23)cc1.c1ccc(-c2cccc3ccc(-n4c5ccccc5c5ccc6c7ccccc7sc6c54)cc23)cc1. The molecule has 0 aliphatic carbocycles. The van der Waals surface area contributed by atoms with Gasteiger partial charge in [0.15, 0.2) is 0 Å². The molecular weight excluding hydrogens is 1820 g/mol. The van der Waals surface area contributed by atoms with Crippen LogP contribution < -0.4 is 0 Å². The van der Waals surface area contributed by atoms with Gasteiger partial charge in [-0.05, 0) is 179 Å². The van der Waals surface area contributed by atoms with E-state index >= 15 is 0 Å². The molecule has 0 radical (unpaired) electrons. The third-order valence-electron chi connectivity index (χ3n) is 29.5. The molecule has 0 amide bonds. The van der Waals surface area contributed by atoms with Crippen LogP contribution in [0.3, 0.4) is 0 Å². The zero-order valence-electron chi connectivity index (χ0n) is 77.9. The molecule has 32 aromatic rings. The van der Waals surface area contributed by atoms with Gasteiger partial charge in [-0.15, -0.1) is 45.3 Å². The second-order valence-corrected chi connectivity index (χ2v) is 41.7. The highest BCUT2D eigenvalue weighted by Crippen LogP contribution is 2.51. The second-order valence-electron chi connectivity index (χ2n) is 37.5. The fourth-order valence-electron chi connectivity index (χ4n) is 23.1. The maximum atomic E-state index is 2.50. The van der Waals surface area contributed by atoms with E-state index in [1.54, 1.807) is 0 Å². The fraction of sp³-hybridized carbons (Fsp3) is 0. The molecule has 0 spiro atoms. The summed E-state index contributed by atoms with van der Waals surface area (Å²) in [6, 6.07) is 186. The van der Waals surface area contributed by atoms with Crippen molar-refractivity contribution in [3.05, 3.63) is 510 Å². The molecule has 0 saturated carbocycles. The maximum absolute atomic E-state index is 2.50. The van der Waals surface area contributed by atoms with Gasteiger partial charge < -0.3 is 18.3 Å². The standard InChI is InChI=1S/4C34H21NS/c1-2-9-22(10-3-1)25-14-8-11-23-21-24(17-18-26(23)25)35-31-15-6-4-12-27(31)29-19-20-30-28-13-5-7-16-32(28)36-34(30)33(29)35;1-2-9-22(10-3-1)25-14-8-11-23-17-18-24(21-30(23)25)35-31-15-6-4-12-26(31)28-19-20-29-27-13-5-7-16-32(27)36-34(29)33(28)35;1-2-8-22(9-3-1)24-15-14-23-16-17-26(21-25(23)20-24)35-31-12-6-4-10-27(31)29-18-19-30-28-11-5-7-13-32(28)36-34(30)33(29)35;1-2-10-22(11-3-1)23-20-21-31(25-13-5-4-12-24(23)25)35-30-16-8-6-14-26(30)28-18-19-29-27-15-7-9-17-32(27)36-34(29)33(28)35/h4*1-21H. The smallest absolute Gasteiger partial charge is 0.0720 e. The lowest BCUT2D eigenvalue weighted by Gasteiger charge is -2.15. The maximum Gasteiger partial charge on any atom is 0.0720 e. The highest BCUT2D eigenvalue weighted by Gasteiger charge is 2.26. The minimum absolute atomic E-state index is 1.20. The molecule has 0 bridgehead atoms. The summed E-state index contributed by atoms with van der Waals surface area (Å²) in [6.45, 7) is 0. The Labute approximate surface area is 844 Å². The van der Waals surface area contributed by atoms with Gasteiger partial charge in [0.1, 0.15) is 0 Å². The van der Waals surface area contributed by atoms with Crippen molar-refractivity contribution in [1.29, 1.82) is 0 Å². The lowest BCUT2D eigenvalue weighted by atomic mass is 9.97. The molecule has 8 aromatic heterocycles. The molecule has 0 fully saturated rings. The van der Waals surface area contributed by atoms with Crippen LogP contribution >= 0.6 is 45.3 Å². The Balaban J connectivity index is 0.0000000913. The van der Waals surface area contributed by atoms with E-state index in [9.17, 15) is 0 Å². The number of fused-ring (bicyclic) bond motifs is 32. The molecule has 0 atom stereocenters. The first-order chi connectivity index (χ1) is 71.5. The van der Waals surface area contributed by atoms with Crippen LogP contribution in [0.5, 0.6) is 0 Å². The van der Waals surface area contributed by atoms with Gasteiger partial charge in [0, 0.05) is 127 Å². The predicted octanol–water partition coefficient (Wildman–Crippen LogP) is 39.9. The van der Waals surface area contributed by atoms with Gasteiger partial charge in [0.05, 0.1) is 68.6 Å². The van der Waals surface area contributed by atoms with E-state index < -0.39 is 0 Å². The van der Waals surface area contributed by atoms with Gasteiger partial charge in [0.2, 0.25) is 0 Å². The molecule has 8 heteroatoms. The van der Waals surface area contributed by atoms with Crippen LogP contribution in [-0.4, -0.2) is 18.3 Å². The lowest BCUT2D eigenvalue weighted by molar-refractivity contribution is 1.19. The molecule has 0 aliphatic rings. The summed E-state index contributed by atoms with van der Waals surface area (Å²) < 4.78 is 20.7. The van der Waals surface area contributed by atoms with Crippen molar-refractivity contribution in [2.75, 3.05) is 0 Å². The van der Waals surface area contributed by atoms with E-state index in [0.29, 0.717) is 0 Å². The number of thiophene rings is 4. The summed E-state index contributed by atoms with van der Waals surface area (Å²) in [5.74, 6) is 0.